The van der Waals surface area contributed by atoms with E-state index >= 15 is 0 Å². The molecule has 17 rings (SSSR count). The molecule has 0 bridgehead atoms. The third kappa shape index (κ3) is 14.3. The van der Waals surface area contributed by atoms with Crippen LogP contribution in [0.15, 0.2) is 328 Å². The van der Waals surface area contributed by atoms with Gasteiger partial charge in [-0.3, -0.25) is 0 Å². The second-order valence-electron chi connectivity index (χ2n) is 27.2. The van der Waals surface area contributed by atoms with Gasteiger partial charge in [-0.1, -0.05) is 218 Å². The molecule has 0 radical (unpaired) electrons. The van der Waals surface area contributed by atoms with E-state index in [2.05, 4.69) is 26.1 Å². The predicted molar refractivity (Wildman–Crippen MR) is 439 cm³/mol. The molecule has 3 aromatic heterocycles. The molecule has 0 saturated carbocycles. The number of carbonyl (C=O) groups is 4. The molecule has 542 valence electrons. The van der Waals surface area contributed by atoms with Crippen LogP contribution in [0.2, 0.25) is 0 Å². The van der Waals surface area contributed by atoms with Crippen LogP contribution in [0.25, 0.3) is 127 Å². The number of nitriles is 2. The first kappa shape index (κ1) is 71.0. The van der Waals surface area contributed by atoms with Gasteiger partial charge in [0.2, 0.25) is 0 Å². The Labute approximate surface area is 654 Å². The van der Waals surface area contributed by atoms with Crippen molar-refractivity contribution in [3.8, 4) is 91.1 Å². The van der Waals surface area contributed by atoms with Gasteiger partial charge in [-0.05, 0) is 148 Å². The highest BCUT2D eigenvalue weighted by molar-refractivity contribution is 6.15. The van der Waals surface area contributed by atoms with Crippen LogP contribution in [0.3, 0.4) is 0 Å². The maximum atomic E-state index is 14.2. The summed E-state index contributed by atoms with van der Waals surface area (Å²) in [5, 5.41) is 23.6. The van der Waals surface area contributed by atoms with Crippen LogP contribution in [0.5, 0.6) is 0 Å². The van der Waals surface area contributed by atoms with Gasteiger partial charge in [-0.15, -0.1) is 0 Å². The van der Waals surface area contributed by atoms with E-state index in [9.17, 15) is 29.7 Å². The molecule has 0 unspecified atom stereocenters. The Balaban J connectivity index is 0.879. The van der Waals surface area contributed by atoms with Crippen molar-refractivity contribution in [2.75, 3.05) is 0 Å². The first-order valence-electron chi connectivity index (χ1n) is 36.6. The molecule has 0 aliphatic heterocycles. The molecule has 0 aliphatic rings. The summed E-state index contributed by atoms with van der Waals surface area (Å²) in [6.45, 7) is 8.33. The van der Waals surface area contributed by atoms with E-state index in [0.717, 1.165) is 22.3 Å². The Morgan fingerprint density at radius 2 is 0.675 bits per heavy atom. The number of nitrogens with zero attached hydrogens (tertiary/aromatic N) is 8. The second kappa shape index (κ2) is 31.3. The van der Waals surface area contributed by atoms with Crippen molar-refractivity contribution in [3.63, 3.8) is 0 Å². The molecule has 0 fully saturated rings. The number of carbonyl (C=O) groups excluding carboxylic acids is 4. The summed E-state index contributed by atoms with van der Waals surface area (Å²) in [6.07, 6.45) is 0. The van der Waals surface area contributed by atoms with Gasteiger partial charge < -0.3 is 28.1 Å². The lowest BCUT2D eigenvalue weighted by molar-refractivity contribution is 0.0464. The lowest BCUT2D eigenvalue weighted by Gasteiger charge is -2.18. The van der Waals surface area contributed by atoms with Crippen molar-refractivity contribution in [1.29, 1.82) is 10.5 Å². The van der Waals surface area contributed by atoms with E-state index in [4.69, 9.17) is 40.5 Å². The molecule has 114 heavy (non-hydrogen) atoms. The number of rotatable bonds is 20. The summed E-state index contributed by atoms with van der Waals surface area (Å²) < 4.78 is 27.8. The average molecular weight is 1480 g/mol. The SMILES string of the molecule is [C-]#[N+]c1cccc(-c2ccc(-c3nc(-c4ccc(-c5cccc(C#N)c5)c(-n5c6ccc(C(=O)OCc7ccccc7)cc6c6cc(C(=O)OCc7ccccc7)ccc65)c4)nc(-c4ccccc4-c4ccccc4C#N)n3)cc2-n2c3ccc(C(=O)OCc4ccccc4)cc3c3cc(C(=O)OCc4ccccc4)ccc32)c1. The molecule has 17 aromatic rings. The van der Waals surface area contributed by atoms with Gasteiger partial charge in [0.15, 0.2) is 23.2 Å². The van der Waals surface area contributed by atoms with Crippen molar-refractivity contribution < 1.29 is 38.1 Å². The molecule has 14 aromatic carbocycles. The predicted octanol–water partition coefficient (Wildman–Crippen LogP) is 21.8. The van der Waals surface area contributed by atoms with Crippen LogP contribution in [-0.4, -0.2) is 48.0 Å². The summed E-state index contributed by atoms with van der Waals surface area (Å²) in [5.41, 5.74) is 15.2. The van der Waals surface area contributed by atoms with Crippen LogP contribution in [-0.2, 0) is 45.4 Å². The minimum absolute atomic E-state index is 0.0378. The number of benzene rings is 14. The smallest absolute Gasteiger partial charge is 0.338 e. The highest BCUT2D eigenvalue weighted by atomic mass is 16.5. The average Bonchev–Trinajstić information content (AvgIpc) is 1.57. The standard InChI is InChI=1S/C98H62N8O8/c1-101-76-32-19-31-68(49-76)79-43-37-70(55-91(79)106-88-46-40-73(97(109)113-60-64-24-10-4-11-25-64)52-84(88)85-53-74(41-47-89(85)106)98(110)114-61-65-26-12-5-13-27-65)93-102-92(103-94(104-93)81-35-17-16-34-80(81)77-33-15-14-29-75(77)57-100)69-36-42-78(67-30-18-28-66(48-67)56-99)90(54-69)105-86-44-38-71(95(107)111-58-62-20-6-2-7-21-62)50-82(86)83-51-72(39-45-87(83)105)96(108)112-59-63-22-8-3-9-23-63/h2-55H,58-61H2. The summed E-state index contributed by atoms with van der Waals surface area (Å²) >= 11 is 0. The zero-order chi connectivity index (χ0) is 77.6. The van der Waals surface area contributed by atoms with Gasteiger partial charge in [-0.25, -0.2) is 39.0 Å². The van der Waals surface area contributed by atoms with E-state index in [1.807, 2.05) is 261 Å². The Hall–Kier alpha value is -16.0. The quantitative estimate of drug-likeness (QED) is 0.0396. The van der Waals surface area contributed by atoms with Crippen LogP contribution in [0.1, 0.15) is 74.8 Å². The summed E-state index contributed by atoms with van der Waals surface area (Å²) in [5.74, 6) is -1.49. The first-order chi connectivity index (χ1) is 56.0. The largest absolute Gasteiger partial charge is 0.457 e. The van der Waals surface area contributed by atoms with Crippen molar-refractivity contribution in [3.05, 3.63) is 395 Å². The molecular formula is C98H62N8O8. The number of hydrogen-bond donors (Lipinski definition) is 0. The Bertz CT molecular complexity index is 6240. The molecule has 3 heterocycles. The highest BCUT2D eigenvalue weighted by Gasteiger charge is 2.27. The number of hydrogen-bond acceptors (Lipinski definition) is 13. The van der Waals surface area contributed by atoms with Gasteiger partial charge in [0, 0.05) is 54.9 Å². The van der Waals surface area contributed by atoms with Gasteiger partial charge in [0.25, 0.3) is 0 Å². The number of aromatic nitrogens is 5. The zero-order valence-corrected chi connectivity index (χ0v) is 60.8. The fraction of sp³-hybridized carbons (Fsp3) is 0.0408. The van der Waals surface area contributed by atoms with E-state index in [1.54, 1.807) is 66.7 Å². The Morgan fingerprint density at radius 3 is 1.07 bits per heavy atom. The fourth-order valence-corrected chi connectivity index (χ4v) is 14.5. The van der Waals surface area contributed by atoms with Gasteiger partial charge in [0.1, 0.15) is 26.4 Å². The van der Waals surface area contributed by atoms with Crippen LogP contribution in [0, 0.1) is 29.2 Å². The van der Waals surface area contributed by atoms with Gasteiger partial charge in [0.05, 0.1) is 85.5 Å². The highest BCUT2D eigenvalue weighted by Crippen LogP contribution is 2.44. The molecule has 0 saturated heterocycles. The van der Waals surface area contributed by atoms with E-state index < -0.39 is 23.9 Å². The zero-order valence-electron chi connectivity index (χ0n) is 60.8. The third-order valence-corrected chi connectivity index (χ3v) is 20.0. The van der Waals surface area contributed by atoms with Crippen molar-refractivity contribution in [2.45, 2.75) is 26.4 Å². The second-order valence-corrected chi connectivity index (χ2v) is 27.2. The minimum atomic E-state index is -0.554. The molecule has 0 atom stereocenters. The lowest BCUT2D eigenvalue weighted by atomic mass is 9.95. The number of fused-ring (bicyclic) bond motifs is 6. The third-order valence-electron chi connectivity index (χ3n) is 20.0. The van der Waals surface area contributed by atoms with E-state index in [1.165, 1.54) is 0 Å². The van der Waals surface area contributed by atoms with E-state index in [-0.39, 0.29) is 66.2 Å². The number of esters is 4. The molecule has 16 nitrogen and oxygen atoms in total. The fourth-order valence-electron chi connectivity index (χ4n) is 14.5. The van der Waals surface area contributed by atoms with Crippen LogP contribution < -0.4 is 0 Å². The molecule has 0 amide bonds. The van der Waals surface area contributed by atoms with E-state index in [0.29, 0.717) is 122 Å². The van der Waals surface area contributed by atoms with Crippen molar-refractivity contribution >= 4 is 73.2 Å². The maximum absolute atomic E-state index is 14.2. The monoisotopic (exact) mass is 1480 g/mol. The Kier molecular flexibility index (Phi) is 19.5. The van der Waals surface area contributed by atoms with Crippen LogP contribution >= 0.6 is 0 Å². The van der Waals surface area contributed by atoms with Crippen molar-refractivity contribution in [2.24, 2.45) is 0 Å². The molecule has 0 N–H and O–H groups in total. The maximum Gasteiger partial charge on any atom is 0.338 e. The summed E-state index contributed by atoms with van der Waals surface area (Å²) in [4.78, 5) is 77.1. The summed E-state index contributed by atoms with van der Waals surface area (Å²) in [6, 6.07) is 105. The lowest BCUT2D eigenvalue weighted by Crippen LogP contribution is -2.06. The van der Waals surface area contributed by atoms with Gasteiger partial charge >= 0.3 is 23.9 Å². The molecule has 16 heteroatoms. The normalized spacial score (nSPS) is 11.1. The molecular weight excluding hydrogens is 1420 g/mol. The van der Waals surface area contributed by atoms with Gasteiger partial charge in [-0.2, -0.15) is 10.5 Å². The van der Waals surface area contributed by atoms with Crippen molar-refractivity contribution in [1.82, 2.24) is 24.1 Å². The first-order valence-corrected chi connectivity index (χ1v) is 36.6. The van der Waals surface area contributed by atoms with Crippen LogP contribution in [0.4, 0.5) is 5.69 Å². The Morgan fingerprint density at radius 1 is 0.316 bits per heavy atom. The summed E-state index contributed by atoms with van der Waals surface area (Å²) in [7, 11) is 0. The topological polar surface area (TPSA) is 206 Å². The minimum Gasteiger partial charge on any atom is -0.457 e. The molecule has 0 aliphatic carbocycles. The number of ether oxygens (including phenoxy) is 4. The molecule has 0 spiro atoms.